The van der Waals surface area contributed by atoms with Crippen LogP contribution in [0.1, 0.15) is 24.2 Å². The number of hydrogen-bond acceptors (Lipinski definition) is 6. The molecule has 0 bridgehead atoms. The Bertz CT molecular complexity index is 1130. The van der Waals surface area contributed by atoms with E-state index in [4.69, 9.17) is 18.9 Å². The minimum Gasteiger partial charge on any atom is -0.490 e. The molecule has 8 heteroatoms. The summed E-state index contributed by atoms with van der Waals surface area (Å²) in [6.45, 7) is 5.85. The molecule has 1 amide bonds. The van der Waals surface area contributed by atoms with E-state index in [1.807, 2.05) is 37.6 Å². The average Bonchev–Trinajstić information content (AvgIpc) is 3.02. The molecule has 0 unspecified atom stereocenters. The van der Waals surface area contributed by atoms with Crippen LogP contribution in [0.3, 0.4) is 0 Å². The van der Waals surface area contributed by atoms with Gasteiger partial charge < -0.3 is 23.5 Å². The lowest BCUT2D eigenvalue weighted by molar-refractivity contribution is 0.0997. The largest absolute Gasteiger partial charge is 0.490 e. The lowest BCUT2D eigenvalue weighted by Gasteiger charge is -2.18. The first kappa shape index (κ1) is 19.3. The molecule has 0 N–H and O–H groups in total. The highest BCUT2D eigenvalue weighted by atomic mass is 32.1. The smallest absolute Gasteiger partial charge is 0.279 e. The third-order valence-corrected chi connectivity index (χ3v) is 5.56. The van der Waals surface area contributed by atoms with Gasteiger partial charge in [-0.05, 0) is 32.0 Å². The minimum absolute atomic E-state index is 0.339. The zero-order chi connectivity index (χ0) is 20.4. The van der Waals surface area contributed by atoms with Crippen LogP contribution < -0.4 is 23.7 Å². The second-order valence-corrected chi connectivity index (χ2v) is 7.36. The molecule has 0 aliphatic carbocycles. The maximum Gasteiger partial charge on any atom is 0.279 e. The van der Waals surface area contributed by atoms with Gasteiger partial charge in [-0.1, -0.05) is 11.3 Å². The number of fused-ring (bicyclic) bond motifs is 2. The first-order valence-corrected chi connectivity index (χ1v) is 10.3. The van der Waals surface area contributed by atoms with E-state index in [1.165, 1.54) is 11.3 Å². The SMILES string of the molecule is CCOc1ccc(C(=O)N=c2sc3cc4c(cc3n2C)OCCO4)cc1OCC. The van der Waals surface area contributed by atoms with Crippen molar-refractivity contribution in [1.82, 2.24) is 4.57 Å². The predicted octanol–water partition coefficient (Wildman–Crippen LogP) is 3.55. The monoisotopic (exact) mass is 414 g/mol. The Morgan fingerprint density at radius 3 is 2.48 bits per heavy atom. The van der Waals surface area contributed by atoms with Gasteiger partial charge in [-0.15, -0.1) is 0 Å². The fourth-order valence-corrected chi connectivity index (χ4v) is 4.13. The van der Waals surface area contributed by atoms with Gasteiger partial charge in [0, 0.05) is 24.7 Å². The van der Waals surface area contributed by atoms with E-state index in [-0.39, 0.29) is 5.91 Å². The summed E-state index contributed by atoms with van der Waals surface area (Å²) in [5.74, 6) is 2.25. The first-order valence-electron chi connectivity index (χ1n) is 9.48. The van der Waals surface area contributed by atoms with Crippen LogP contribution in [0.15, 0.2) is 35.3 Å². The number of hydrogen-bond donors (Lipinski definition) is 0. The van der Waals surface area contributed by atoms with E-state index in [1.54, 1.807) is 18.2 Å². The highest BCUT2D eigenvalue weighted by Gasteiger charge is 2.16. The minimum atomic E-state index is -0.339. The topological polar surface area (TPSA) is 71.3 Å². The van der Waals surface area contributed by atoms with Gasteiger partial charge in [0.2, 0.25) is 0 Å². The standard InChI is InChI=1S/C21H22N2O5S/c1-4-25-15-7-6-13(10-16(15)26-5-2)20(24)22-21-23(3)14-11-17-18(12-19(14)29-21)28-9-8-27-17/h6-7,10-12H,4-5,8-9H2,1-3H3. The van der Waals surface area contributed by atoms with Crippen molar-refractivity contribution in [3.8, 4) is 23.0 Å². The van der Waals surface area contributed by atoms with Crippen LogP contribution >= 0.6 is 11.3 Å². The van der Waals surface area contributed by atoms with Gasteiger partial charge in [-0.3, -0.25) is 4.79 Å². The molecule has 3 aromatic rings. The van der Waals surface area contributed by atoms with Crippen LogP contribution in [0.4, 0.5) is 0 Å². The van der Waals surface area contributed by atoms with E-state index < -0.39 is 0 Å². The molecule has 0 fully saturated rings. The van der Waals surface area contributed by atoms with Gasteiger partial charge in [0.1, 0.15) is 13.2 Å². The molecule has 2 heterocycles. The number of aromatic nitrogens is 1. The van der Waals surface area contributed by atoms with Crippen molar-refractivity contribution >= 4 is 27.5 Å². The van der Waals surface area contributed by atoms with Crippen LogP contribution in [-0.4, -0.2) is 36.9 Å². The van der Waals surface area contributed by atoms with Crippen LogP contribution in [0.5, 0.6) is 23.0 Å². The highest BCUT2D eigenvalue weighted by molar-refractivity contribution is 7.16. The molecular formula is C21H22N2O5S. The number of ether oxygens (including phenoxy) is 4. The number of carbonyl (C=O) groups is 1. The second-order valence-electron chi connectivity index (χ2n) is 6.35. The Morgan fingerprint density at radius 2 is 1.76 bits per heavy atom. The molecule has 0 radical (unpaired) electrons. The maximum atomic E-state index is 12.8. The molecular weight excluding hydrogens is 392 g/mol. The van der Waals surface area contributed by atoms with Gasteiger partial charge in [0.15, 0.2) is 27.8 Å². The maximum absolute atomic E-state index is 12.8. The Hall–Kier alpha value is -3.00. The van der Waals surface area contributed by atoms with Crippen molar-refractivity contribution in [2.24, 2.45) is 12.0 Å². The summed E-state index contributed by atoms with van der Waals surface area (Å²) in [5, 5.41) is 0. The summed E-state index contributed by atoms with van der Waals surface area (Å²) in [5.41, 5.74) is 1.38. The molecule has 1 aromatic heterocycles. The van der Waals surface area contributed by atoms with E-state index in [9.17, 15) is 4.79 Å². The van der Waals surface area contributed by atoms with Gasteiger partial charge >= 0.3 is 0 Å². The first-order chi connectivity index (χ1) is 14.1. The van der Waals surface area contributed by atoms with Crippen molar-refractivity contribution in [1.29, 1.82) is 0 Å². The highest BCUT2D eigenvalue weighted by Crippen LogP contribution is 2.35. The number of amides is 1. The average molecular weight is 414 g/mol. The van der Waals surface area contributed by atoms with Crippen molar-refractivity contribution in [3.05, 3.63) is 40.7 Å². The molecule has 152 valence electrons. The quantitative estimate of drug-likeness (QED) is 0.639. The van der Waals surface area contributed by atoms with Crippen molar-refractivity contribution < 1.29 is 23.7 Å². The summed E-state index contributed by atoms with van der Waals surface area (Å²) < 4.78 is 25.3. The van der Waals surface area contributed by atoms with Gasteiger partial charge in [0.05, 0.1) is 23.4 Å². The Morgan fingerprint density at radius 1 is 1.07 bits per heavy atom. The van der Waals surface area contributed by atoms with E-state index in [0.717, 1.165) is 16.0 Å². The van der Waals surface area contributed by atoms with E-state index in [2.05, 4.69) is 4.99 Å². The molecule has 7 nitrogen and oxygen atoms in total. The summed E-state index contributed by atoms with van der Waals surface area (Å²) in [6, 6.07) is 8.97. The molecule has 0 atom stereocenters. The van der Waals surface area contributed by atoms with Gasteiger partial charge in [-0.2, -0.15) is 4.99 Å². The normalized spacial score (nSPS) is 13.6. The molecule has 1 aliphatic heterocycles. The molecule has 29 heavy (non-hydrogen) atoms. The second kappa shape index (κ2) is 8.16. The lowest BCUT2D eigenvalue weighted by Crippen LogP contribution is -2.15. The molecule has 0 spiro atoms. The molecule has 1 aliphatic rings. The lowest BCUT2D eigenvalue weighted by atomic mass is 10.2. The number of rotatable bonds is 5. The van der Waals surface area contributed by atoms with Crippen LogP contribution in [0.25, 0.3) is 10.2 Å². The zero-order valence-corrected chi connectivity index (χ0v) is 17.4. The summed E-state index contributed by atoms with van der Waals surface area (Å²) >= 11 is 1.43. The number of aryl methyl sites for hydroxylation is 1. The van der Waals surface area contributed by atoms with Crippen molar-refractivity contribution in [3.63, 3.8) is 0 Å². The molecule has 0 saturated carbocycles. The third kappa shape index (κ3) is 3.80. The molecule has 4 rings (SSSR count). The van der Waals surface area contributed by atoms with Gasteiger partial charge in [-0.25, -0.2) is 0 Å². The Balaban J connectivity index is 1.72. The number of thiazole rings is 1. The molecule has 2 aromatic carbocycles. The summed E-state index contributed by atoms with van der Waals surface area (Å²) in [7, 11) is 1.88. The number of benzene rings is 2. The van der Waals surface area contributed by atoms with Crippen molar-refractivity contribution in [2.75, 3.05) is 26.4 Å². The van der Waals surface area contributed by atoms with Crippen LogP contribution in [0.2, 0.25) is 0 Å². The Labute approximate surface area is 172 Å². The van der Waals surface area contributed by atoms with Crippen molar-refractivity contribution in [2.45, 2.75) is 13.8 Å². The molecule has 0 saturated heterocycles. The number of nitrogens with zero attached hydrogens (tertiary/aromatic N) is 2. The predicted molar refractivity (Wildman–Crippen MR) is 110 cm³/mol. The third-order valence-electron chi connectivity index (χ3n) is 4.46. The van der Waals surface area contributed by atoms with E-state index in [0.29, 0.717) is 54.0 Å². The van der Waals surface area contributed by atoms with Crippen LogP contribution in [0, 0.1) is 0 Å². The Kier molecular flexibility index (Phi) is 5.44. The summed E-state index contributed by atoms with van der Waals surface area (Å²) in [4.78, 5) is 17.7. The number of carbonyl (C=O) groups excluding carboxylic acids is 1. The van der Waals surface area contributed by atoms with E-state index >= 15 is 0 Å². The summed E-state index contributed by atoms with van der Waals surface area (Å²) in [6.07, 6.45) is 0. The van der Waals surface area contributed by atoms with Crippen LogP contribution in [-0.2, 0) is 7.05 Å². The van der Waals surface area contributed by atoms with Gasteiger partial charge in [0.25, 0.3) is 5.91 Å². The zero-order valence-electron chi connectivity index (χ0n) is 16.6. The fraction of sp³-hybridized carbons (Fsp3) is 0.333. The fourth-order valence-electron chi connectivity index (χ4n) is 3.11.